The first kappa shape index (κ1) is 25.0. The van der Waals surface area contributed by atoms with Gasteiger partial charge in [0.15, 0.2) is 0 Å². The lowest BCUT2D eigenvalue weighted by Crippen LogP contribution is -2.37. The number of hydrogen-bond acceptors (Lipinski definition) is 5. The van der Waals surface area contributed by atoms with E-state index in [9.17, 15) is 5.11 Å². The van der Waals surface area contributed by atoms with Gasteiger partial charge >= 0.3 is 0 Å². The topological polar surface area (TPSA) is 59.8 Å². The highest BCUT2D eigenvalue weighted by molar-refractivity contribution is 5.65. The van der Waals surface area contributed by atoms with Crippen LogP contribution in [-0.2, 0) is 18.3 Å². The Morgan fingerprint density at radius 2 is 1.67 bits per heavy atom. The van der Waals surface area contributed by atoms with E-state index in [1.54, 1.807) is 4.68 Å². The van der Waals surface area contributed by atoms with Crippen LogP contribution >= 0.6 is 0 Å². The largest absolute Gasteiger partial charge is 0.439 e. The Morgan fingerprint density at radius 1 is 1.03 bits per heavy atom. The maximum absolute atomic E-state index is 10.7. The van der Waals surface area contributed by atoms with Crippen LogP contribution in [0.15, 0.2) is 60.7 Å². The number of aliphatic hydroxyl groups is 1. The lowest BCUT2D eigenvalue weighted by molar-refractivity contribution is -0.0566. The summed E-state index contributed by atoms with van der Waals surface area (Å²) in [5.74, 6) is 1.48. The second-order valence-corrected chi connectivity index (χ2v) is 9.35. The predicted molar refractivity (Wildman–Crippen MR) is 132 cm³/mol. The highest BCUT2D eigenvalue weighted by Crippen LogP contribution is 2.34. The smallest absolute Gasteiger partial charge is 0.222 e. The monoisotopic (exact) mass is 451 g/mol. The average molecular weight is 452 g/mol. The van der Waals surface area contributed by atoms with Crippen molar-refractivity contribution in [3.63, 3.8) is 0 Å². The molecule has 178 valence electrons. The number of rotatable bonds is 11. The van der Waals surface area contributed by atoms with Gasteiger partial charge < -0.3 is 14.6 Å². The molecule has 3 aromatic rings. The van der Waals surface area contributed by atoms with Crippen molar-refractivity contribution in [2.75, 3.05) is 19.7 Å². The quantitative estimate of drug-likeness (QED) is 0.430. The third-order valence-corrected chi connectivity index (χ3v) is 5.19. The summed E-state index contributed by atoms with van der Waals surface area (Å²) in [7, 11) is 1.91. The van der Waals surface area contributed by atoms with Crippen molar-refractivity contribution in [2.24, 2.45) is 7.05 Å². The maximum Gasteiger partial charge on any atom is 0.222 e. The van der Waals surface area contributed by atoms with Gasteiger partial charge in [-0.3, -0.25) is 4.90 Å². The maximum atomic E-state index is 10.7. The van der Waals surface area contributed by atoms with Crippen molar-refractivity contribution in [3.05, 3.63) is 66.2 Å². The number of hydrogen-bond donors (Lipinski definition) is 1. The Bertz CT molecular complexity index is 981. The zero-order valence-corrected chi connectivity index (χ0v) is 20.5. The van der Waals surface area contributed by atoms with Crippen LogP contribution in [0.25, 0.3) is 11.3 Å². The zero-order valence-electron chi connectivity index (χ0n) is 20.5. The molecule has 0 aliphatic heterocycles. The predicted octanol–water partition coefficient (Wildman–Crippen LogP) is 5.27. The summed E-state index contributed by atoms with van der Waals surface area (Å²) < 4.78 is 13.9. The molecule has 1 N–H and O–H groups in total. The first-order valence-corrected chi connectivity index (χ1v) is 11.7. The van der Waals surface area contributed by atoms with Crippen molar-refractivity contribution in [1.82, 2.24) is 14.7 Å². The molecule has 0 aliphatic carbocycles. The minimum absolute atomic E-state index is 0.281. The van der Waals surface area contributed by atoms with Crippen molar-refractivity contribution in [1.29, 1.82) is 0 Å². The van der Waals surface area contributed by atoms with Crippen molar-refractivity contribution < 1.29 is 14.6 Å². The molecule has 33 heavy (non-hydrogen) atoms. The van der Waals surface area contributed by atoms with Crippen LogP contribution in [0, 0.1) is 0 Å². The highest BCUT2D eigenvalue weighted by Gasteiger charge is 2.23. The van der Waals surface area contributed by atoms with Gasteiger partial charge in [-0.15, -0.1) is 0 Å². The summed E-state index contributed by atoms with van der Waals surface area (Å²) in [5, 5.41) is 15.5. The Morgan fingerprint density at radius 3 is 2.27 bits per heavy atom. The van der Waals surface area contributed by atoms with Gasteiger partial charge in [-0.1, -0.05) is 55.5 Å². The van der Waals surface area contributed by atoms with Crippen molar-refractivity contribution >= 4 is 0 Å². The summed E-state index contributed by atoms with van der Waals surface area (Å²) in [5.41, 5.74) is 2.66. The molecular formula is C27H37N3O3. The molecule has 1 aromatic heterocycles. The molecular weight excluding hydrogens is 414 g/mol. The number of aryl methyl sites for hydroxylation is 1. The molecule has 6 heteroatoms. The van der Waals surface area contributed by atoms with Gasteiger partial charge in [-0.05, 0) is 45.9 Å². The molecule has 1 heterocycles. The summed E-state index contributed by atoms with van der Waals surface area (Å²) in [6.07, 6.45) is 0.397. The fourth-order valence-electron chi connectivity index (χ4n) is 3.72. The van der Waals surface area contributed by atoms with Crippen LogP contribution in [0.4, 0.5) is 0 Å². The van der Waals surface area contributed by atoms with Gasteiger partial charge in [-0.25, -0.2) is 4.68 Å². The molecule has 0 spiro atoms. The van der Waals surface area contributed by atoms with Crippen LogP contribution in [0.2, 0.25) is 0 Å². The second kappa shape index (κ2) is 11.5. The minimum atomic E-state index is -0.578. The van der Waals surface area contributed by atoms with E-state index in [0.29, 0.717) is 25.6 Å². The van der Waals surface area contributed by atoms with Crippen LogP contribution in [0.5, 0.6) is 11.6 Å². The summed E-state index contributed by atoms with van der Waals surface area (Å²) in [6, 6.07) is 19.9. The molecule has 2 aromatic carbocycles. The highest BCUT2D eigenvalue weighted by atomic mass is 16.5. The third-order valence-electron chi connectivity index (χ3n) is 5.19. The van der Waals surface area contributed by atoms with Crippen molar-refractivity contribution in [2.45, 2.75) is 52.4 Å². The first-order valence-electron chi connectivity index (χ1n) is 11.7. The van der Waals surface area contributed by atoms with E-state index in [1.807, 2.05) is 76.3 Å². The summed E-state index contributed by atoms with van der Waals surface area (Å²) in [4.78, 5) is 2.25. The number of benzene rings is 2. The van der Waals surface area contributed by atoms with Gasteiger partial charge in [0, 0.05) is 25.7 Å². The molecule has 0 radical (unpaired) electrons. The molecule has 0 saturated heterocycles. The normalized spacial score (nSPS) is 12.8. The first-order chi connectivity index (χ1) is 15.8. The Hall–Kier alpha value is -2.67. The van der Waals surface area contributed by atoms with Crippen LogP contribution in [0.1, 0.15) is 39.7 Å². The molecule has 0 saturated carbocycles. The minimum Gasteiger partial charge on any atom is -0.439 e. The van der Waals surface area contributed by atoms with E-state index in [-0.39, 0.29) is 5.60 Å². The average Bonchev–Trinajstić information content (AvgIpc) is 3.08. The summed E-state index contributed by atoms with van der Waals surface area (Å²) in [6.45, 7) is 10.4. The number of nitrogens with zero attached hydrogens (tertiary/aromatic N) is 3. The van der Waals surface area contributed by atoms with E-state index in [0.717, 1.165) is 35.5 Å². The second-order valence-electron chi connectivity index (χ2n) is 9.35. The summed E-state index contributed by atoms with van der Waals surface area (Å²) >= 11 is 0. The fourth-order valence-corrected chi connectivity index (χ4v) is 3.72. The third kappa shape index (κ3) is 7.42. The standard InChI is InChI=1S/C27H37N3O3/c1-6-17-30(18-22(31)20-32-27(2,3)4)19-24-25(21-13-9-7-10-14-21)28-29(5)26(24)33-23-15-11-8-12-16-23/h7-16,22,31H,6,17-20H2,1-5H3/t22-/m1/s1. The lowest BCUT2D eigenvalue weighted by atomic mass is 10.1. The van der Waals surface area contributed by atoms with Gasteiger partial charge in [0.2, 0.25) is 5.88 Å². The number of para-hydroxylation sites is 1. The lowest BCUT2D eigenvalue weighted by Gasteiger charge is -2.27. The molecule has 1 atom stereocenters. The van der Waals surface area contributed by atoms with Gasteiger partial charge in [0.25, 0.3) is 0 Å². The molecule has 6 nitrogen and oxygen atoms in total. The molecule has 0 unspecified atom stereocenters. The molecule has 0 amide bonds. The van der Waals surface area contributed by atoms with E-state index in [1.165, 1.54) is 0 Å². The van der Waals surface area contributed by atoms with E-state index in [2.05, 4.69) is 24.0 Å². The number of aliphatic hydroxyl groups excluding tert-OH is 1. The van der Waals surface area contributed by atoms with Gasteiger partial charge in [-0.2, -0.15) is 5.10 Å². The van der Waals surface area contributed by atoms with Crippen LogP contribution < -0.4 is 4.74 Å². The number of ether oxygens (including phenoxy) is 2. The molecule has 0 bridgehead atoms. The fraction of sp³-hybridized carbons (Fsp3) is 0.444. The molecule has 0 fully saturated rings. The van der Waals surface area contributed by atoms with Crippen molar-refractivity contribution in [3.8, 4) is 22.9 Å². The number of aromatic nitrogens is 2. The van der Waals surface area contributed by atoms with Gasteiger partial charge in [0.1, 0.15) is 11.4 Å². The SMILES string of the molecule is CCCN(Cc1c(-c2ccccc2)nn(C)c1Oc1ccccc1)C[C@@H](O)COC(C)(C)C. The Balaban J connectivity index is 1.90. The Labute approximate surface area is 197 Å². The van der Waals surface area contributed by atoms with E-state index in [4.69, 9.17) is 14.6 Å². The molecule has 3 rings (SSSR count). The molecule has 0 aliphatic rings. The van der Waals surface area contributed by atoms with E-state index >= 15 is 0 Å². The van der Waals surface area contributed by atoms with Crippen LogP contribution in [0.3, 0.4) is 0 Å². The Kier molecular flexibility index (Phi) is 8.67. The van der Waals surface area contributed by atoms with Crippen LogP contribution in [-0.4, -0.2) is 51.2 Å². The van der Waals surface area contributed by atoms with Gasteiger partial charge in [0.05, 0.1) is 23.9 Å². The zero-order chi connectivity index (χ0) is 23.8. The van der Waals surface area contributed by atoms with E-state index < -0.39 is 6.10 Å².